The van der Waals surface area contributed by atoms with Gasteiger partial charge in [0.1, 0.15) is 5.60 Å². The van der Waals surface area contributed by atoms with Crippen LogP contribution >= 0.6 is 8.38 Å². The molecule has 0 spiro atoms. The Morgan fingerprint density at radius 1 is 0.700 bits per heavy atom. The van der Waals surface area contributed by atoms with Crippen molar-refractivity contribution in [1.82, 2.24) is 20.0 Å². The molecule has 10 nitrogen and oxygen atoms in total. The van der Waals surface area contributed by atoms with Crippen LogP contribution in [0.2, 0.25) is 0 Å². The topological polar surface area (TPSA) is 92.8 Å². The van der Waals surface area contributed by atoms with Crippen molar-refractivity contribution in [2.24, 2.45) is 0 Å². The maximum Gasteiger partial charge on any atom is 0.320 e. The van der Waals surface area contributed by atoms with Crippen molar-refractivity contribution >= 4 is 20.3 Å². The molecule has 0 aromatic rings. The Bertz CT molecular complexity index is 657. The van der Waals surface area contributed by atoms with Gasteiger partial charge in [-0.3, -0.25) is 24.3 Å². The molecule has 1 heterocycles. The molecule has 1 N–H and O–H groups in total. The van der Waals surface area contributed by atoms with Crippen LogP contribution in [0.15, 0.2) is 0 Å². The van der Waals surface area contributed by atoms with Crippen LogP contribution in [0.4, 0.5) is 0 Å². The van der Waals surface area contributed by atoms with Crippen LogP contribution in [0.5, 0.6) is 0 Å². The van der Waals surface area contributed by atoms with Crippen LogP contribution < -0.4 is 5.32 Å². The minimum Gasteiger partial charge on any atom is -0.465 e. The molecule has 0 radical (unpaired) electrons. The average Bonchev–Trinajstić information content (AvgIpc) is 2.87. The second-order valence-corrected chi connectivity index (χ2v) is 12.9. The minimum absolute atomic E-state index is 0.163. The lowest BCUT2D eigenvalue weighted by Gasteiger charge is -2.32. The quantitative estimate of drug-likeness (QED) is 0.152. The van der Waals surface area contributed by atoms with Gasteiger partial charge in [-0.15, -0.1) is 0 Å². The van der Waals surface area contributed by atoms with E-state index >= 15 is 0 Å². The van der Waals surface area contributed by atoms with Gasteiger partial charge in [-0.2, -0.15) is 0 Å². The summed E-state index contributed by atoms with van der Waals surface area (Å²) >= 11 is 0. The number of nitrogens with one attached hydrogen (secondary N) is 1. The molecule has 1 rings (SSSR count). The fourth-order valence-corrected chi connectivity index (χ4v) is 5.49. The van der Waals surface area contributed by atoms with E-state index in [2.05, 4.69) is 40.8 Å². The van der Waals surface area contributed by atoms with Gasteiger partial charge in [0, 0.05) is 52.4 Å². The zero-order valence-corrected chi connectivity index (χ0v) is 27.3. The molecule has 11 heteroatoms. The van der Waals surface area contributed by atoms with Crippen molar-refractivity contribution in [2.75, 3.05) is 91.6 Å². The van der Waals surface area contributed by atoms with Crippen LogP contribution in [-0.2, 0) is 28.1 Å². The third kappa shape index (κ3) is 20.1. The van der Waals surface area contributed by atoms with Gasteiger partial charge in [0.05, 0.1) is 39.2 Å². The molecule has 1 saturated heterocycles. The van der Waals surface area contributed by atoms with Gasteiger partial charge in [0.2, 0.25) is 0 Å². The first kappa shape index (κ1) is 37.2. The highest BCUT2D eigenvalue weighted by atomic mass is 31.2. The maximum absolute atomic E-state index is 12.6. The van der Waals surface area contributed by atoms with E-state index in [4.69, 9.17) is 18.5 Å². The summed E-state index contributed by atoms with van der Waals surface area (Å²) in [6.45, 7) is 20.6. The highest BCUT2D eigenvalue weighted by Crippen LogP contribution is 2.39. The number of hydrogen-bond acceptors (Lipinski definition) is 10. The van der Waals surface area contributed by atoms with E-state index < -0.39 is 14.0 Å². The number of unbranched alkanes of at least 4 members (excludes halogenated alkanes) is 3. The van der Waals surface area contributed by atoms with E-state index in [9.17, 15) is 9.59 Å². The zero-order chi connectivity index (χ0) is 29.6. The van der Waals surface area contributed by atoms with Gasteiger partial charge in [-0.25, -0.2) is 0 Å². The Hall–Kier alpha value is -0.870. The summed E-state index contributed by atoms with van der Waals surface area (Å²) in [6.07, 6.45) is 6.79. The standard InChI is InChI=1S/C29H59N4O6P/c1-7-10-21-36-27(34)24-31-15-13-30-14-16-32(25-28(35)39-29(4,5)6)18-20-33(19-17-31)26-40(37-22-11-8-2)38-23-12-9-3/h30H,7-26H2,1-6H3. The molecule has 0 saturated carbocycles. The predicted octanol–water partition coefficient (Wildman–Crippen LogP) is 4.08. The van der Waals surface area contributed by atoms with E-state index in [0.29, 0.717) is 32.7 Å². The molecule has 40 heavy (non-hydrogen) atoms. The second kappa shape index (κ2) is 22.7. The first-order valence-corrected chi connectivity index (χ1v) is 16.8. The van der Waals surface area contributed by atoms with E-state index in [0.717, 1.165) is 90.9 Å². The van der Waals surface area contributed by atoms with Crippen molar-refractivity contribution in [3.63, 3.8) is 0 Å². The lowest BCUT2D eigenvalue weighted by atomic mass is 10.2. The molecule has 1 aliphatic heterocycles. The predicted molar refractivity (Wildman–Crippen MR) is 163 cm³/mol. The summed E-state index contributed by atoms with van der Waals surface area (Å²) in [5.74, 6) is -0.365. The van der Waals surface area contributed by atoms with Crippen molar-refractivity contribution in [3.05, 3.63) is 0 Å². The third-order valence-corrected chi connectivity index (χ3v) is 7.91. The van der Waals surface area contributed by atoms with Gasteiger partial charge in [-0.05, 0) is 40.0 Å². The highest BCUT2D eigenvalue weighted by Gasteiger charge is 2.23. The minimum atomic E-state index is -1.05. The molecule has 0 amide bonds. The number of nitrogens with zero attached hydrogens (tertiary/aromatic N) is 3. The molecule has 0 bridgehead atoms. The summed E-state index contributed by atoms with van der Waals surface area (Å²) in [4.78, 5) is 31.8. The molecule has 0 unspecified atom stereocenters. The molecular formula is C29H59N4O6P. The molecular weight excluding hydrogens is 531 g/mol. The van der Waals surface area contributed by atoms with Crippen LogP contribution in [0, 0.1) is 0 Å². The van der Waals surface area contributed by atoms with Gasteiger partial charge in [0.15, 0.2) is 8.38 Å². The summed E-state index contributed by atoms with van der Waals surface area (Å²) < 4.78 is 23.5. The maximum atomic E-state index is 12.6. The van der Waals surface area contributed by atoms with Gasteiger partial charge < -0.3 is 23.8 Å². The summed E-state index contributed by atoms with van der Waals surface area (Å²) in [7, 11) is -1.05. The van der Waals surface area contributed by atoms with Crippen molar-refractivity contribution in [2.45, 2.75) is 85.7 Å². The lowest BCUT2D eigenvalue weighted by Crippen LogP contribution is -2.47. The molecule has 236 valence electrons. The molecule has 0 atom stereocenters. The first-order valence-electron chi connectivity index (χ1n) is 15.4. The summed E-state index contributed by atoms with van der Waals surface area (Å²) in [5, 5.41) is 3.47. The summed E-state index contributed by atoms with van der Waals surface area (Å²) in [6, 6.07) is 0. The zero-order valence-electron chi connectivity index (χ0n) is 26.4. The highest BCUT2D eigenvalue weighted by molar-refractivity contribution is 7.47. The van der Waals surface area contributed by atoms with E-state index in [-0.39, 0.29) is 18.5 Å². The van der Waals surface area contributed by atoms with Crippen LogP contribution in [-0.4, -0.2) is 124 Å². The smallest absolute Gasteiger partial charge is 0.320 e. The average molecular weight is 591 g/mol. The normalized spacial score (nSPS) is 17.4. The van der Waals surface area contributed by atoms with E-state index in [1.807, 2.05) is 20.8 Å². The Balaban J connectivity index is 2.93. The lowest BCUT2D eigenvalue weighted by molar-refractivity contribution is -0.156. The number of carbonyl (C=O) groups is 2. The Labute approximate surface area is 245 Å². The molecule has 1 fully saturated rings. The molecule has 1 aliphatic rings. The monoisotopic (exact) mass is 590 g/mol. The number of ether oxygens (including phenoxy) is 2. The van der Waals surface area contributed by atoms with Gasteiger partial charge in [-0.1, -0.05) is 40.0 Å². The number of rotatable bonds is 17. The van der Waals surface area contributed by atoms with Crippen molar-refractivity contribution in [1.29, 1.82) is 0 Å². The first-order chi connectivity index (χ1) is 19.2. The number of esters is 2. The van der Waals surface area contributed by atoms with Crippen LogP contribution in [0.1, 0.15) is 80.1 Å². The largest absolute Gasteiger partial charge is 0.465 e. The summed E-state index contributed by atoms with van der Waals surface area (Å²) in [5.41, 5.74) is -0.503. The Kier molecular flexibility index (Phi) is 21.1. The Morgan fingerprint density at radius 2 is 1.18 bits per heavy atom. The van der Waals surface area contributed by atoms with Crippen molar-refractivity contribution in [3.8, 4) is 0 Å². The fourth-order valence-electron chi connectivity index (χ4n) is 3.98. The molecule has 0 aliphatic carbocycles. The van der Waals surface area contributed by atoms with Crippen LogP contribution in [0.25, 0.3) is 0 Å². The molecule has 0 aromatic heterocycles. The fraction of sp³-hybridized carbons (Fsp3) is 0.931. The second-order valence-electron chi connectivity index (χ2n) is 11.4. The van der Waals surface area contributed by atoms with Crippen molar-refractivity contribution < 1.29 is 28.1 Å². The van der Waals surface area contributed by atoms with Crippen LogP contribution in [0.3, 0.4) is 0 Å². The SMILES string of the molecule is CCCCOC(=O)CN1CCNCCN(CC(=O)OC(C)(C)C)CCN(CP(OCCCC)OCCCC)CC1. The van der Waals surface area contributed by atoms with Gasteiger partial charge in [0.25, 0.3) is 0 Å². The third-order valence-electron chi connectivity index (χ3n) is 6.34. The Morgan fingerprint density at radius 3 is 1.68 bits per heavy atom. The number of hydrogen-bond donors (Lipinski definition) is 1. The number of carbonyl (C=O) groups excluding carboxylic acids is 2. The van der Waals surface area contributed by atoms with E-state index in [1.165, 1.54) is 0 Å². The van der Waals surface area contributed by atoms with Gasteiger partial charge >= 0.3 is 11.9 Å². The van der Waals surface area contributed by atoms with E-state index in [1.54, 1.807) is 0 Å². The molecule has 0 aromatic carbocycles.